The normalized spacial score (nSPS) is 16.3. The summed E-state index contributed by atoms with van der Waals surface area (Å²) >= 11 is 0. The van der Waals surface area contributed by atoms with Gasteiger partial charge in [0, 0.05) is 11.9 Å². The molecule has 0 fully saturated rings. The second kappa shape index (κ2) is 3.62. The number of rotatable bonds is 1. The average molecular weight is 210 g/mol. The third kappa shape index (κ3) is 3.33. The Labute approximate surface area is 94.3 Å². The van der Waals surface area contributed by atoms with Crippen LogP contribution in [0.25, 0.3) is 0 Å². The highest BCUT2D eigenvalue weighted by atomic mass is 15.4. The standard InChI is InChI=1S/C12H23N3/c1-9-13-10(12(5,6)7)15(14-9)8-11(2,3)4/h8H2,1-7H3/i8D. The first kappa shape index (κ1) is 10.7. The predicted octanol–water partition coefficient (Wildman–Crippen LogP) is 2.93. The summed E-state index contributed by atoms with van der Waals surface area (Å²) in [5.41, 5.74) is -0.216. The van der Waals surface area contributed by atoms with Crippen molar-refractivity contribution < 1.29 is 1.37 Å². The summed E-state index contributed by atoms with van der Waals surface area (Å²) in [7, 11) is 0. The van der Waals surface area contributed by atoms with Crippen LogP contribution in [0.5, 0.6) is 0 Å². The predicted molar refractivity (Wildman–Crippen MR) is 62.9 cm³/mol. The van der Waals surface area contributed by atoms with Crippen LogP contribution in [0, 0.1) is 12.3 Å². The topological polar surface area (TPSA) is 30.7 Å². The highest BCUT2D eigenvalue weighted by Crippen LogP contribution is 2.23. The zero-order valence-electron chi connectivity index (χ0n) is 11.9. The van der Waals surface area contributed by atoms with Gasteiger partial charge in [0.05, 0.1) is 1.37 Å². The van der Waals surface area contributed by atoms with Crippen molar-refractivity contribution in [1.82, 2.24) is 14.8 Å². The SMILES string of the molecule is [2H]C(n1nc(C)nc1C(C)(C)C)C(C)(C)C. The Hall–Kier alpha value is -0.860. The molecule has 0 saturated carbocycles. The van der Waals surface area contributed by atoms with E-state index in [1.165, 1.54) is 0 Å². The molecule has 15 heavy (non-hydrogen) atoms. The van der Waals surface area contributed by atoms with E-state index < -0.39 is 6.52 Å². The van der Waals surface area contributed by atoms with Crippen molar-refractivity contribution in [2.24, 2.45) is 5.41 Å². The third-order valence-corrected chi connectivity index (χ3v) is 1.92. The lowest BCUT2D eigenvalue weighted by molar-refractivity contribution is 0.307. The molecule has 1 aromatic heterocycles. The van der Waals surface area contributed by atoms with E-state index in [1.54, 1.807) is 4.68 Å². The summed E-state index contributed by atoms with van der Waals surface area (Å²) in [4.78, 5) is 4.45. The van der Waals surface area contributed by atoms with E-state index in [0.29, 0.717) is 0 Å². The Balaban J connectivity index is 3.24. The lowest BCUT2D eigenvalue weighted by Gasteiger charge is -2.23. The molecule has 1 rings (SSSR count). The summed E-state index contributed by atoms with van der Waals surface area (Å²) in [5.74, 6) is 1.63. The van der Waals surface area contributed by atoms with Crippen LogP contribution in [0.3, 0.4) is 0 Å². The van der Waals surface area contributed by atoms with Crippen molar-refractivity contribution >= 4 is 0 Å². The molecule has 0 N–H and O–H groups in total. The number of hydrogen-bond donors (Lipinski definition) is 0. The maximum absolute atomic E-state index is 8.26. The summed E-state index contributed by atoms with van der Waals surface area (Å²) in [6.45, 7) is 13.9. The summed E-state index contributed by atoms with van der Waals surface area (Å²) in [5, 5.41) is 4.36. The summed E-state index contributed by atoms with van der Waals surface area (Å²) in [6.07, 6.45) is 0. The van der Waals surface area contributed by atoms with Crippen LogP contribution in [0.15, 0.2) is 0 Å². The highest BCUT2D eigenvalue weighted by Gasteiger charge is 2.24. The Morgan fingerprint density at radius 2 is 1.73 bits per heavy atom. The third-order valence-electron chi connectivity index (χ3n) is 1.92. The van der Waals surface area contributed by atoms with Crippen molar-refractivity contribution in [3.05, 3.63) is 11.6 Å². The minimum absolute atomic E-state index is 0.0776. The van der Waals surface area contributed by atoms with Gasteiger partial charge in [0.25, 0.3) is 0 Å². The van der Waals surface area contributed by atoms with E-state index in [1.807, 2.05) is 27.7 Å². The van der Waals surface area contributed by atoms with E-state index in [4.69, 9.17) is 1.37 Å². The number of aromatic nitrogens is 3. The van der Waals surface area contributed by atoms with Crippen LogP contribution in [-0.4, -0.2) is 14.8 Å². The van der Waals surface area contributed by atoms with Crippen LogP contribution in [0.1, 0.15) is 54.6 Å². The molecular formula is C12H23N3. The van der Waals surface area contributed by atoms with Gasteiger partial charge in [0.2, 0.25) is 0 Å². The van der Waals surface area contributed by atoms with Crippen molar-refractivity contribution in [3.8, 4) is 0 Å². The van der Waals surface area contributed by atoms with Crippen LogP contribution < -0.4 is 0 Å². The maximum atomic E-state index is 8.26. The molecule has 0 radical (unpaired) electrons. The van der Waals surface area contributed by atoms with Gasteiger partial charge in [-0.1, -0.05) is 41.5 Å². The molecule has 3 heteroatoms. The molecule has 0 spiro atoms. The zero-order chi connectivity index (χ0) is 12.7. The molecule has 1 atom stereocenters. The van der Waals surface area contributed by atoms with Gasteiger partial charge in [-0.3, -0.25) is 0 Å². The molecule has 1 aromatic rings. The Morgan fingerprint density at radius 3 is 2.13 bits per heavy atom. The quantitative estimate of drug-likeness (QED) is 0.713. The second-order valence-electron chi connectivity index (χ2n) is 6.17. The fourth-order valence-corrected chi connectivity index (χ4v) is 1.40. The van der Waals surface area contributed by atoms with E-state index in [9.17, 15) is 0 Å². The minimum Gasteiger partial charge on any atom is -0.249 e. The fraction of sp³-hybridized carbons (Fsp3) is 0.833. The van der Waals surface area contributed by atoms with Crippen LogP contribution >= 0.6 is 0 Å². The Kier molecular flexibility index (Phi) is 2.57. The van der Waals surface area contributed by atoms with Gasteiger partial charge < -0.3 is 0 Å². The molecule has 0 amide bonds. The molecule has 0 aliphatic carbocycles. The average Bonchev–Trinajstić information content (AvgIpc) is 2.43. The first-order chi connectivity index (χ1) is 7.03. The van der Waals surface area contributed by atoms with Gasteiger partial charge in [0.15, 0.2) is 0 Å². The molecule has 0 aromatic carbocycles. The van der Waals surface area contributed by atoms with Gasteiger partial charge >= 0.3 is 0 Å². The van der Waals surface area contributed by atoms with Crippen molar-refractivity contribution in [1.29, 1.82) is 0 Å². The van der Waals surface area contributed by atoms with E-state index in [0.717, 1.165) is 11.6 Å². The molecular weight excluding hydrogens is 186 g/mol. The van der Waals surface area contributed by atoms with Gasteiger partial charge in [-0.15, -0.1) is 0 Å². The first-order valence-electron chi connectivity index (χ1n) is 5.97. The molecule has 0 saturated heterocycles. The second-order valence-corrected chi connectivity index (χ2v) is 6.17. The number of hydrogen-bond acceptors (Lipinski definition) is 2. The van der Waals surface area contributed by atoms with Crippen LogP contribution in [0.2, 0.25) is 0 Å². The van der Waals surface area contributed by atoms with Crippen LogP contribution in [0.4, 0.5) is 0 Å². The summed E-state index contributed by atoms with van der Waals surface area (Å²) in [6, 6.07) is 0. The van der Waals surface area contributed by atoms with Crippen molar-refractivity contribution in [2.45, 2.75) is 60.4 Å². The highest BCUT2D eigenvalue weighted by molar-refractivity contribution is 5.04. The molecule has 86 valence electrons. The van der Waals surface area contributed by atoms with Gasteiger partial charge in [-0.2, -0.15) is 5.10 Å². The smallest absolute Gasteiger partial charge is 0.147 e. The number of aryl methyl sites for hydroxylation is 1. The first-order valence-corrected chi connectivity index (χ1v) is 5.39. The number of nitrogens with zero attached hydrogens (tertiary/aromatic N) is 3. The van der Waals surface area contributed by atoms with Gasteiger partial charge in [-0.05, 0) is 12.3 Å². The van der Waals surface area contributed by atoms with Crippen LogP contribution in [-0.2, 0) is 11.9 Å². The lowest BCUT2D eigenvalue weighted by atomic mass is 9.93. The van der Waals surface area contributed by atoms with E-state index in [2.05, 4.69) is 30.9 Å². The lowest BCUT2D eigenvalue weighted by Crippen LogP contribution is -2.24. The molecule has 1 unspecified atom stereocenters. The summed E-state index contributed by atoms with van der Waals surface area (Å²) < 4.78 is 10.0. The Bertz CT molecular complexity index is 369. The fourth-order valence-electron chi connectivity index (χ4n) is 1.40. The molecule has 0 bridgehead atoms. The maximum Gasteiger partial charge on any atom is 0.147 e. The zero-order valence-corrected chi connectivity index (χ0v) is 10.9. The largest absolute Gasteiger partial charge is 0.249 e. The monoisotopic (exact) mass is 210 g/mol. The van der Waals surface area contributed by atoms with Crippen molar-refractivity contribution in [3.63, 3.8) is 0 Å². The molecule has 0 aliphatic rings. The molecule has 0 aliphatic heterocycles. The van der Waals surface area contributed by atoms with Gasteiger partial charge in [0.1, 0.15) is 11.6 Å². The molecule has 3 nitrogen and oxygen atoms in total. The van der Waals surface area contributed by atoms with Gasteiger partial charge in [-0.25, -0.2) is 9.67 Å². The minimum atomic E-state index is -0.400. The van der Waals surface area contributed by atoms with E-state index >= 15 is 0 Å². The van der Waals surface area contributed by atoms with E-state index in [-0.39, 0.29) is 10.8 Å². The van der Waals surface area contributed by atoms with Crippen molar-refractivity contribution in [2.75, 3.05) is 0 Å². The molecule has 1 heterocycles. The Morgan fingerprint density at radius 1 is 1.20 bits per heavy atom.